The molecule has 2 rings (SSSR count). The zero-order chi connectivity index (χ0) is 18.9. The van der Waals surface area contributed by atoms with E-state index in [0.717, 1.165) is 18.7 Å². The molecule has 0 aromatic heterocycles. The highest BCUT2D eigenvalue weighted by Crippen LogP contribution is 2.34. The molecule has 0 aliphatic carbocycles. The summed E-state index contributed by atoms with van der Waals surface area (Å²) >= 11 is 6.76. The summed E-state index contributed by atoms with van der Waals surface area (Å²) in [7, 11) is 1.29. The van der Waals surface area contributed by atoms with Crippen LogP contribution in [0.25, 0.3) is 0 Å². The first-order valence-corrected chi connectivity index (χ1v) is 9.39. The second kappa shape index (κ2) is 10.6. The van der Waals surface area contributed by atoms with Crippen LogP contribution in [-0.4, -0.2) is 69.6 Å². The number of amides is 1. The maximum Gasteiger partial charge on any atom is 0.343 e. The van der Waals surface area contributed by atoms with Crippen molar-refractivity contribution < 1.29 is 23.8 Å². The summed E-state index contributed by atoms with van der Waals surface area (Å²) in [4.78, 5) is 25.1. The summed E-state index contributed by atoms with van der Waals surface area (Å²) in [5.41, 5.74) is 3.24. The van der Waals surface area contributed by atoms with Gasteiger partial charge < -0.3 is 14.2 Å². The van der Waals surface area contributed by atoms with Crippen LogP contribution in [0.4, 0.5) is 0 Å². The van der Waals surface area contributed by atoms with Crippen molar-refractivity contribution in [3.05, 3.63) is 26.6 Å². The summed E-state index contributed by atoms with van der Waals surface area (Å²) in [6.45, 7) is 2.85. The number of rotatable bonds is 7. The number of nitrogens with one attached hydrogen (secondary N) is 1. The first-order chi connectivity index (χ1) is 12.5. The van der Waals surface area contributed by atoms with Crippen molar-refractivity contribution in [2.75, 3.05) is 46.6 Å². The molecule has 1 fully saturated rings. The number of benzene rings is 1. The van der Waals surface area contributed by atoms with E-state index < -0.39 is 5.97 Å². The van der Waals surface area contributed by atoms with Gasteiger partial charge in [-0.1, -0.05) is 0 Å². The number of ether oxygens (including phenoxy) is 3. The van der Waals surface area contributed by atoms with Crippen LogP contribution in [0.1, 0.15) is 5.56 Å². The molecular formula is C16H19Br2N3O5. The summed E-state index contributed by atoms with van der Waals surface area (Å²) in [5, 5.41) is 3.97. The molecule has 1 heterocycles. The van der Waals surface area contributed by atoms with E-state index in [1.54, 1.807) is 12.1 Å². The zero-order valence-electron chi connectivity index (χ0n) is 14.2. The minimum atomic E-state index is -0.475. The lowest BCUT2D eigenvalue weighted by Crippen LogP contribution is -2.42. The number of hydrogen-bond donors (Lipinski definition) is 1. The van der Waals surface area contributed by atoms with Gasteiger partial charge in [0.1, 0.15) is 5.75 Å². The lowest BCUT2D eigenvalue weighted by Gasteiger charge is -2.25. The number of hydrogen-bond acceptors (Lipinski definition) is 7. The monoisotopic (exact) mass is 491 g/mol. The Labute approximate surface area is 168 Å². The van der Waals surface area contributed by atoms with Crippen LogP contribution in [0.2, 0.25) is 0 Å². The molecular weight excluding hydrogens is 474 g/mol. The van der Waals surface area contributed by atoms with Gasteiger partial charge in [0, 0.05) is 13.1 Å². The van der Waals surface area contributed by atoms with E-state index in [2.05, 4.69) is 47.1 Å². The average molecular weight is 493 g/mol. The fourth-order valence-electron chi connectivity index (χ4n) is 2.16. The van der Waals surface area contributed by atoms with Gasteiger partial charge in [-0.25, -0.2) is 10.2 Å². The first kappa shape index (κ1) is 20.8. The second-order valence-corrected chi connectivity index (χ2v) is 7.07. The number of morpholine rings is 1. The van der Waals surface area contributed by atoms with Crippen molar-refractivity contribution in [1.82, 2.24) is 10.3 Å². The third-order valence-electron chi connectivity index (χ3n) is 3.46. The molecule has 1 aromatic rings. The van der Waals surface area contributed by atoms with E-state index in [4.69, 9.17) is 9.47 Å². The maximum atomic E-state index is 11.9. The molecule has 8 nitrogen and oxygen atoms in total. The van der Waals surface area contributed by atoms with Crippen LogP contribution in [0.15, 0.2) is 26.2 Å². The molecule has 0 unspecified atom stereocenters. The summed E-state index contributed by atoms with van der Waals surface area (Å²) in [6, 6.07) is 3.52. The highest BCUT2D eigenvalue weighted by atomic mass is 79.9. The van der Waals surface area contributed by atoms with Crippen LogP contribution in [0, 0.1) is 0 Å². The number of carbonyl (C=O) groups is 2. The highest BCUT2D eigenvalue weighted by Gasteiger charge is 2.14. The van der Waals surface area contributed by atoms with Crippen LogP contribution >= 0.6 is 31.9 Å². The van der Waals surface area contributed by atoms with Gasteiger partial charge in [0.25, 0.3) is 5.91 Å². The van der Waals surface area contributed by atoms with Crippen molar-refractivity contribution in [2.45, 2.75) is 0 Å². The van der Waals surface area contributed by atoms with Crippen LogP contribution in [0.3, 0.4) is 0 Å². The van der Waals surface area contributed by atoms with Crippen LogP contribution in [-0.2, 0) is 19.1 Å². The molecule has 1 amide bonds. The Bertz CT molecular complexity index is 655. The lowest BCUT2D eigenvalue weighted by molar-refractivity contribution is -0.143. The molecule has 1 aliphatic heterocycles. The lowest BCUT2D eigenvalue weighted by atomic mass is 10.2. The minimum Gasteiger partial charge on any atom is -0.480 e. The van der Waals surface area contributed by atoms with Crippen molar-refractivity contribution in [3.63, 3.8) is 0 Å². The normalized spacial score (nSPS) is 15.0. The minimum absolute atomic E-state index is 0.181. The van der Waals surface area contributed by atoms with Crippen molar-refractivity contribution >= 4 is 50.0 Å². The van der Waals surface area contributed by atoms with E-state index in [-0.39, 0.29) is 19.1 Å². The molecule has 1 aliphatic rings. The van der Waals surface area contributed by atoms with Crippen LogP contribution < -0.4 is 10.2 Å². The fourth-order valence-corrected chi connectivity index (χ4v) is 3.61. The Morgan fingerprint density at radius 3 is 2.58 bits per heavy atom. The van der Waals surface area contributed by atoms with E-state index in [0.29, 0.717) is 27.9 Å². The molecule has 1 N–H and O–H groups in total. The number of carbonyl (C=O) groups excluding carboxylic acids is 2. The first-order valence-electron chi connectivity index (χ1n) is 7.80. The molecule has 1 saturated heterocycles. The summed E-state index contributed by atoms with van der Waals surface area (Å²) in [6.07, 6.45) is 1.52. The standard InChI is InChI=1S/C16H19Br2N3O5/c1-24-15(23)10-26-16-12(17)6-11(7-13(16)18)8-19-20-14(22)9-21-2-4-25-5-3-21/h6-8H,2-5,9-10H2,1H3,(H,20,22)/b19-8+. The number of nitrogens with zero attached hydrogens (tertiary/aromatic N) is 2. The molecule has 0 atom stereocenters. The Kier molecular flexibility index (Phi) is 8.49. The molecule has 0 saturated carbocycles. The number of hydrazone groups is 1. The largest absolute Gasteiger partial charge is 0.480 e. The van der Waals surface area contributed by atoms with Gasteiger partial charge >= 0.3 is 5.97 Å². The number of halogens is 2. The summed E-state index contributed by atoms with van der Waals surface area (Å²) < 4.78 is 16.5. The second-order valence-electron chi connectivity index (χ2n) is 5.36. The SMILES string of the molecule is COC(=O)COc1c(Br)cc(/C=N/NC(=O)CN2CCOCC2)cc1Br. The third kappa shape index (κ3) is 6.67. The average Bonchev–Trinajstić information content (AvgIpc) is 2.61. The van der Waals surface area contributed by atoms with Gasteiger partial charge in [0.2, 0.25) is 0 Å². The van der Waals surface area contributed by atoms with Gasteiger partial charge in [-0.05, 0) is 49.6 Å². The number of methoxy groups -OCH3 is 1. The van der Waals surface area contributed by atoms with Gasteiger partial charge in [-0.3, -0.25) is 9.69 Å². The third-order valence-corrected chi connectivity index (χ3v) is 4.63. The quantitative estimate of drug-likeness (QED) is 0.353. The predicted octanol–water partition coefficient (Wildman–Crippen LogP) is 1.55. The molecule has 0 radical (unpaired) electrons. The molecule has 142 valence electrons. The smallest absolute Gasteiger partial charge is 0.343 e. The topological polar surface area (TPSA) is 89.5 Å². The van der Waals surface area contributed by atoms with Crippen molar-refractivity contribution in [1.29, 1.82) is 0 Å². The van der Waals surface area contributed by atoms with Gasteiger partial charge in [0.05, 0.1) is 42.0 Å². The van der Waals surface area contributed by atoms with Crippen molar-refractivity contribution in [2.24, 2.45) is 5.10 Å². The molecule has 0 spiro atoms. The Morgan fingerprint density at radius 1 is 1.31 bits per heavy atom. The summed E-state index contributed by atoms with van der Waals surface area (Å²) in [5.74, 6) is -0.180. The van der Waals surface area contributed by atoms with Gasteiger partial charge in [-0.15, -0.1) is 0 Å². The predicted molar refractivity (Wildman–Crippen MR) is 102 cm³/mol. The van der Waals surface area contributed by atoms with E-state index in [1.165, 1.54) is 13.3 Å². The Morgan fingerprint density at radius 2 is 1.96 bits per heavy atom. The molecule has 26 heavy (non-hydrogen) atoms. The van der Waals surface area contributed by atoms with Crippen LogP contribution in [0.5, 0.6) is 5.75 Å². The van der Waals surface area contributed by atoms with E-state index in [9.17, 15) is 9.59 Å². The molecule has 0 bridgehead atoms. The van der Waals surface area contributed by atoms with E-state index >= 15 is 0 Å². The highest BCUT2D eigenvalue weighted by molar-refractivity contribution is 9.11. The van der Waals surface area contributed by atoms with Crippen molar-refractivity contribution in [3.8, 4) is 5.75 Å². The van der Waals surface area contributed by atoms with Gasteiger partial charge in [-0.2, -0.15) is 5.10 Å². The number of esters is 1. The molecule has 1 aromatic carbocycles. The fraction of sp³-hybridized carbons (Fsp3) is 0.438. The maximum absolute atomic E-state index is 11.9. The Hall–Kier alpha value is -1.49. The molecule has 10 heteroatoms. The zero-order valence-corrected chi connectivity index (χ0v) is 17.3. The van der Waals surface area contributed by atoms with E-state index in [1.807, 2.05) is 4.90 Å². The Balaban J connectivity index is 1.89. The van der Waals surface area contributed by atoms with Gasteiger partial charge in [0.15, 0.2) is 6.61 Å².